The van der Waals surface area contributed by atoms with Crippen LogP contribution in [0.25, 0.3) is 11.1 Å². The fourth-order valence-corrected chi connectivity index (χ4v) is 4.52. The number of nitrogens with zero attached hydrogens (tertiary/aromatic N) is 1. The summed E-state index contributed by atoms with van der Waals surface area (Å²) < 4.78 is 6.28. The molecule has 4 rings (SSSR count). The van der Waals surface area contributed by atoms with E-state index in [9.17, 15) is 15.0 Å². The van der Waals surface area contributed by atoms with Gasteiger partial charge >= 0.3 is 0 Å². The van der Waals surface area contributed by atoms with Crippen molar-refractivity contribution in [2.24, 2.45) is 5.92 Å². The third kappa shape index (κ3) is 5.14. The largest absolute Gasteiger partial charge is 0.512 e. The average molecular weight is 460 g/mol. The number of amides is 1. The lowest BCUT2D eigenvalue weighted by atomic mass is 9.84. The second kappa shape index (κ2) is 10.1. The van der Waals surface area contributed by atoms with Crippen LogP contribution in [0.15, 0.2) is 72.2 Å². The van der Waals surface area contributed by atoms with Crippen molar-refractivity contribution >= 4 is 5.91 Å². The first-order chi connectivity index (χ1) is 16.4. The number of aliphatic hydroxyl groups excluding tert-OH is 2. The van der Waals surface area contributed by atoms with Gasteiger partial charge in [0.2, 0.25) is 5.91 Å². The first-order valence-corrected chi connectivity index (χ1v) is 11.5. The fourth-order valence-electron chi connectivity index (χ4n) is 4.52. The van der Waals surface area contributed by atoms with Crippen molar-refractivity contribution in [3.63, 3.8) is 0 Å². The number of rotatable bonds is 6. The van der Waals surface area contributed by atoms with Gasteiger partial charge in [-0.25, -0.2) is 0 Å². The Bertz CT molecular complexity index is 1140. The summed E-state index contributed by atoms with van der Waals surface area (Å²) >= 11 is 0. The summed E-state index contributed by atoms with van der Waals surface area (Å²) in [7, 11) is 0. The SMILES string of the molecule is CC1C(O)=CC(O)=CC1NC(=O)COC1(c2ccc(-c3cccc(C#N)c3)cc2)CCNCC1. The van der Waals surface area contributed by atoms with E-state index in [1.807, 2.05) is 42.5 Å². The van der Waals surface area contributed by atoms with Gasteiger partial charge in [-0.15, -0.1) is 0 Å². The van der Waals surface area contributed by atoms with Crippen molar-refractivity contribution < 1.29 is 19.7 Å². The predicted octanol–water partition coefficient (Wildman–Crippen LogP) is 3.84. The lowest BCUT2D eigenvalue weighted by molar-refractivity contribution is -0.137. The molecule has 1 heterocycles. The summed E-state index contributed by atoms with van der Waals surface area (Å²) in [6, 6.07) is 17.3. The average Bonchev–Trinajstić information content (AvgIpc) is 2.86. The van der Waals surface area contributed by atoms with E-state index in [0.29, 0.717) is 5.56 Å². The third-order valence-corrected chi connectivity index (χ3v) is 6.61. The van der Waals surface area contributed by atoms with Crippen molar-refractivity contribution in [3.05, 3.63) is 83.3 Å². The van der Waals surface area contributed by atoms with Gasteiger partial charge in [-0.3, -0.25) is 4.79 Å². The number of aliphatic hydroxyl groups is 2. The summed E-state index contributed by atoms with van der Waals surface area (Å²) in [6.45, 7) is 3.21. The zero-order valence-electron chi connectivity index (χ0n) is 19.1. The highest BCUT2D eigenvalue weighted by Crippen LogP contribution is 2.36. The molecule has 2 atom stereocenters. The molecule has 1 amide bonds. The number of nitriles is 1. The zero-order valence-corrected chi connectivity index (χ0v) is 19.1. The van der Waals surface area contributed by atoms with Crippen LogP contribution >= 0.6 is 0 Å². The second-order valence-corrected chi connectivity index (χ2v) is 8.85. The van der Waals surface area contributed by atoms with Crippen molar-refractivity contribution in [1.82, 2.24) is 10.6 Å². The minimum absolute atomic E-state index is 0.0291. The summed E-state index contributed by atoms with van der Waals surface area (Å²) in [5.41, 5.74) is 3.01. The minimum atomic E-state index is -0.589. The Kier molecular flexibility index (Phi) is 7.01. The maximum absolute atomic E-state index is 12.7. The predicted molar refractivity (Wildman–Crippen MR) is 129 cm³/mol. The van der Waals surface area contributed by atoms with E-state index in [2.05, 4.69) is 16.7 Å². The molecule has 2 unspecified atom stereocenters. The molecule has 2 aromatic rings. The van der Waals surface area contributed by atoms with E-state index >= 15 is 0 Å². The number of allylic oxidation sites excluding steroid dienone is 1. The normalized spacial score (nSPS) is 21.6. The second-order valence-electron chi connectivity index (χ2n) is 8.85. The number of carbonyl (C=O) groups excluding carboxylic acids is 1. The van der Waals surface area contributed by atoms with E-state index < -0.39 is 11.6 Å². The van der Waals surface area contributed by atoms with Crippen molar-refractivity contribution in [1.29, 1.82) is 5.26 Å². The molecule has 0 aromatic heterocycles. The smallest absolute Gasteiger partial charge is 0.246 e. The molecule has 2 aromatic carbocycles. The molecule has 0 saturated carbocycles. The summed E-state index contributed by atoms with van der Waals surface area (Å²) in [5.74, 6) is -0.684. The van der Waals surface area contributed by atoms with Gasteiger partial charge < -0.3 is 25.6 Å². The number of hydrogen-bond donors (Lipinski definition) is 4. The summed E-state index contributed by atoms with van der Waals surface area (Å²) in [4.78, 5) is 12.7. The van der Waals surface area contributed by atoms with Gasteiger partial charge in [0, 0.05) is 12.0 Å². The van der Waals surface area contributed by atoms with Crippen LogP contribution in [-0.2, 0) is 15.1 Å². The van der Waals surface area contributed by atoms with Crippen LogP contribution in [0.2, 0.25) is 0 Å². The molecule has 1 aliphatic heterocycles. The van der Waals surface area contributed by atoms with Crippen molar-refractivity contribution in [2.75, 3.05) is 19.7 Å². The van der Waals surface area contributed by atoms with Gasteiger partial charge in [0.05, 0.1) is 23.3 Å². The molecule has 34 heavy (non-hydrogen) atoms. The molecule has 0 spiro atoms. The number of nitrogens with one attached hydrogen (secondary N) is 2. The van der Waals surface area contributed by atoms with Gasteiger partial charge in [0.15, 0.2) is 0 Å². The number of piperidine rings is 1. The monoisotopic (exact) mass is 459 g/mol. The minimum Gasteiger partial charge on any atom is -0.512 e. The van der Waals surface area contributed by atoms with Gasteiger partial charge in [0.1, 0.15) is 18.1 Å². The molecular weight excluding hydrogens is 430 g/mol. The molecule has 7 heteroatoms. The van der Waals surface area contributed by atoms with E-state index in [-0.39, 0.29) is 30.0 Å². The lowest BCUT2D eigenvalue weighted by Gasteiger charge is -2.38. The van der Waals surface area contributed by atoms with E-state index in [0.717, 1.165) is 42.6 Å². The maximum Gasteiger partial charge on any atom is 0.246 e. The molecule has 0 radical (unpaired) electrons. The molecule has 176 valence electrons. The van der Waals surface area contributed by atoms with Crippen LogP contribution in [-0.4, -0.2) is 41.9 Å². The number of benzene rings is 2. The van der Waals surface area contributed by atoms with Gasteiger partial charge in [-0.2, -0.15) is 5.26 Å². The Labute approximate surface area is 199 Å². The maximum atomic E-state index is 12.7. The number of ether oxygens (including phenoxy) is 1. The lowest BCUT2D eigenvalue weighted by Crippen LogP contribution is -2.46. The summed E-state index contributed by atoms with van der Waals surface area (Å²) in [6.07, 6.45) is 4.26. The molecule has 4 N–H and O–H groups in total. The van der Waals surface area contributed by atoms with Crippen molar-refractivity contribution in [2.45, 2.75) is 31.4 Å². The van der Waals surface area contributed by atoms with Crippen LogP contribution < -0.4 is 10.6 Å². The fraction of sp³-hybridized carbons (Fsp3) is 0.333. The molecule has 7 nitrogen and oxygen atoms in total. The van der Waals surface area contributed by atoms with Crippen molar-refractivity contribution in [3.8, 4) is 17.2 Å². The molecular formula is C27H29N3O4. The molecule has 2 aliphatic rings. The van der Waals surface area contributed by atoms with Gasteiger partial charge in [-0.1, -0.05) is 43.3 Å². The topological polar surface area (TPSA) is 115 Å². The van der Waals surface area contributed by atoms with E-state index in [4.69, 9.17) is 10.00 Å². The molecule has 1 fully saturated rings. The number of hydrogen-bond acceptors (Lipinski definition) is 6. The summed E-state index contributed by atoms with van der Waals surface area (Å²) in [5, 5.41) is 35.1. The Morgan fingerprint density at radius 1 is 1.18 bits per heavy atom. The number of carbonyl (C=O) groups is 1. The Morgan fingerprint density at radius 2 is 1.91 bits per heavy atom. The van der Waals surface area contributed by atoms with E-state index in [1.54, 1.807) is 13.0 Å². The highest BCUT2D eigenvalue weighted by molar-refractivity contribution is 5.78. The first-order valence-electron chi connectivity index (χ1n) is 11.5. The first kappa shape index (κ1) is 23.6. The van der Waals surface area contributed by atoms with Gasteiger partial charge in [0.25, 0.3) is 0 Å². The Morgan fingerprint density at radius 3 is 2.62 bits per heavy atom. The van der Waals surface area contributed by atoms with E-state index in [1.165, 1.54) is 12.2 Å². The Hall–Kier alpha value is -3.60. The van der Waals surface area contributed by atoms with Crippen LogP contribution in [0.4, 0.5) is 0 Å². The van der Waals surface area contributed by atoms with Gasteiger partial charge in [-0.05, 0) is 60.8 Å². The van der Waals surface area contributed by atoms with Crippen LogP contribution in [0.3, 0.4) is 0 Å². The molecule has 1 aliphatic carbocycles. The molecule has 1 saturated heterocycles. The van der Waals surface area contributed by atoms with Crippen LogP contribution in [0.5, 0.6) is 0 Å². The molecule has 0 bridgehead atoms. The highest BCUT2D eigenvalue weighted by Gasteiger charge is 2.36. The standard InChI is InChI=1S/C27H29N3O4/c1-18-24(14-23(31)15-25(18)32)30-26(33)17-34-27(9-11-29-12-10-27)22-7-5-20(6-8-22)21-4-2-3-19(13-21)16-28/h2-8,13-15,18,24,29,31-32H,9-12,17H2,1H3,(H,30,33). The zero-order chi connectivity index (χ0) is 24.1. The quantitative estimate of drug-likeness (QED) is 0.522. The third-order valence-electron chi connectivity index (χ3n) is 6.61. The van der Waals surface area contributed by atoms with Crippen LogP contribution in [0, 0.1) is 17.2 Å². The Balaban J connectivity index is 1.47. The van der Waals surface area contributed by atoms with Crippen LogP contribution in [0.1, 0.15) is 30.9 Å². The highest BCUT2D eigenvalue weighted by atomic mass is 16.5.